The third kappa shape index (κ3) is 7.97. The number of amides is 1. The standard InChI is InChI=1S/C21H39N3O4/c1-13(2)20(27)18(9-10-22)24-21(28)16(14(3)25)12-19(26)17(23)11-15-7-5-4-6-8-15/h13-18,25H,4-12,22-23H2,1-3H3,(H,24,28)/t14?,16-,17-,18-/m0/s1. The van der Waals surface area contributed by atoms with Gasteiger partial charge in [-0.2, -0.15) is 0 Å². The average Bonchev–Trinajstić information content (AvgIpc) is 2.65. The van der Waals surface area contributed by atoms with Gasteiger partial charge in [-0.3, -0.25) is 14.4 Å². The number of carbonyl (C=O) groups excluding carboxylic acids is 3. The van der Waals surface area contributed by atoms with Crippen molar-refractivity contribution in [2.24, 2.45) is 29.2 Å². The Labute approximate surface area is 169 Å². The first-order valence-corrected chi connectivity index (χ1v) is 10.7. The highest BCUT2D eigenvalue weighted by atomic mass is 16.3. The first-order valence-electron chi connectivity index (χ1n) is 10.7. The van der Waals surface area contributed by atoms with Crippen LogP contribution in [0.25, 0.3) is 0 Å². The zero-order valence-corrected chi connectivity index (χ0v) is 17.7. The summed E-state index contributed by atoms with van der Waals surface area (Å²) in [6.45, 7) is 5.26. The van der Waals surface area contributed by atoms with E-state index in [-0.39, 0.29) is 30.4 Å². The van der Waals surface area contributed by atoms with Crippen LogP contribution in [0.3, 0.4) is 0 Å². The zero-order valence-electron chi connectivity index (χ0n) is 17.7. The van der Waals surface area contributed by atoms with E-state index in [4.69, 9.17) is 11.5 Å². The van der Waals surface area contributed by atoms with E-state index in [9.17, 15) is 19.5 Å². The third-order valence-corrected chi connectivity index (χ3v) is 5.75. The minimum Gasteiger partial charge on any atom is -0.393 e. The molecule has 4 atom stereocenters. The van der Waals surface area contributed by atoms with Crippen molar-refractivity contribution in [1.29, 1.82) is 0 Å². The molecule has 0 radical (unpaired) electrons. The Bertz CT molecular complexity index is 516. The molecule has 0 aromatic rings. The predicted molar refractivity (Wildman–Crippen MR) is 109 cm³/mol. The van der Waals surface area contributed by atoms with Crippen molar-refractivity contribution in [1.82, 2.24) is 5.32 Å². The highest BCUT2D eigenvalue weighted by molar-refractivity contribution is 5.93. The highest BCUT2D eigenvalue weighted by Crippen LogP contribution is 2.27. The Morgan fingerprint density at radius 1 is 1.11 bits per heavy atom. The number of carbonyl (C=O) groups is 3. The molecule has 1 unspecified atom stereocenters. The van der Waals surface area contributed by atoms with Crippen LogP contribution in [0.5, 0.6) is 0 Å². The first-order chi connectivity index (χ1) is 13.2. The molecular weight excluding hydrogens is 358 g/mol. The van der Waals surface area contributed by atoms with Crippen LogP contribution in [0.2, 0.25) is 0 Å². The van der Waals surface area contributed by atoms with Gasteiger partial charge < -0.3 is 21.9 Å². The van der Waals surface area contributed by atoms with Gasteiger partial charge in [0, 0.05) is 12.3 Å². The SMILES string of the molecule is CC(C)C(=O)[C@H](CCN)NC(=O)[C@@H](CC(=O)[C@@H](N)CC1CCCCC1)C(C)O. The summed E-state index contributed by atoms with van der Waals surface area (Å²) in [5, 5.41) is 12.7. The lowest BCUT2D eigenvalue weighted by Gasteiger charge is -2.26. The molecule has 1 rings (SSSR count). The maximum atomic E-state index is 12.7. The molecule has 1 saturated carbocycles. The van der Waals surface area contributed by atoms with Crippen molar-refractivity contribution in [3.63, 3.8) is 0 Å². The molecule has 0 heterocycles. The van der Waals surface area contributed by atoms with E-state index in [1.807, 2.05) is 0 Å². The summed E-state index contributed by atoms with van der Waals surface area (Å²) < 4.78 is 0. The fourth-order valence-electron chi connectivity index (χ4n) is 3.90. The third-order valence-electron chi connectivity index (χ3n) is 5.75. The van der Waals surface area contributed by atoms with Crippen molar-refractivity contribution in [3.05, 3.63) is 0 Å². The molecule has 1 aliphatic carbocycles. The summed E-state index contributed by atoms with van der Waals surface area (Å²) in [5.74, 6) is -1.53. The van der Waals surface area contributed by atoms with Crippen LogP contribution >= 0.6 is 0 Å². The fraction of sp³-hybridized carbons (Fsp3) is 0.857. The van der Waals surface area contributed by atoms with Crippen molar-refractivity contribution in [2.75, 3.05) is 6.54 Å². The molecule has 162 valence electrons. The van der Waals surface area contributed by atoms with Crippen molar-refractivity contribution >= 4 is 17.5 Å². The van der Waals surface area contributed by atoms with Gasteiger partial charge in [-0.15, -0.1) is 0 Å². The topological polar surface area (TPSA) is 136 Å². The van der Waals surface area contributed by atoms with Crippen LogP contribution in [-0.4, -0.2) is 47.3 Å². The van der Waals surface area contributed by atoms with Crippen LogP contribution in [0.4, 0.5) is 0 Å². The molecule has 1 aliphatic rings. The van der Waals surface area contributed by atoms with E-state index in [1.54, 1.807) is 13.8 Å². The molecule has 0 saturated heterocycles. The van der Waals surface area contributed by atoms with Crippen molar-refractivity contribution in [2.45, 2.75) is 90.3 Å². The lowest BCUT2D eigenvalue weighted by Crippen LogP contribution is -2.49. The Balaban J connectivity index is 2.69. The number of rotatable bonds is 12. The van der Waals surface area contributed by atoms with E-state index in [0.717, 1.165) is 12.8 Å². The number of hydrogen-bond acceptors (Lipinski definition) is 6. The van der Waals surface area contributed by atoms with Gasteiger partial charge in [0.05, 0.1) is 24.1 Å². The normalized spacial score (nSPS) is 19.7. The minimum atomic E-state index is -1.02. The van der Waals surface area contributed by atoms with E-state index in [2.05, 4.69) is 5.32 Å². The highest BCUT2D eigenvalue weighted by Gasteiger charge is 2.32. The molecule has 0 bridgehead atoms. The summed E-state index contributed by atoms with van der Waals surface area (Å²) in [4.78, 5) is 37.6. The van der Waals surface area contributed by atoms with E-state index >= 15 is 0 Å². The summed E-state index contributed by atoms with van der Waals surface area (Å²) in [7, 11) is 0. The lowest BCUT2D eigenvalue weighted by molar-refractivity contribution is -0.136. The predicted octanol–water partition coefficient (Wildman–Crippen LogP) is 1.30. The average molecular weight is 398 g/mol. The maximum Gasteiger partial charge on any atom is 0.226 e. The second-order valence-corrected chi connectivity index (χ2v) is 8.56. The summed E-state index contributed by atoms with van der Waals surface area (Å²) in [6, 6.07) is -1.32. The van der Waals surface area contributed by atoms with Crippen molar-refractivity contribution in [3.8, 4) is 0 Å². The molecule has 1 fully saturated rings. The Hall–Kier alpha value is -1.31. The second kappa shape index (κ2) is 12.3. The number of Topliss-reactive ketones (excluding diaryl/α,β-unsaturated/α-hetero) is 2. The van der Waals surface area contributed by atoms with Gasteiger partial charge in [0.1, 0.15) is 5.78 Å². The van der Waals surface area contributed by atoms with Gasteiger partial charge in [-0.05, 0) is 32.2 Å². The van der Waals surface area contributed by atoms with E-state index in [0.29, 0.717) is 18.8 Å². The number of ketones is 2. The Morgan fingerprint density at radius 3 is 2.21 bits per heavy atom. The van der Waals surface area contributed by atoms with Crippen LogP contribution in [-0.2, 0) is 14.4 Å². The number of aliphatic hydroxyl groups excluding tert-OH is 1. The van der Waals surface area contributed by atoms with Crippen LogP contribution < -0.4 is 16.8 Å². The van der Waals surface area contributed by atoms with Crippen LogP contribution in [0.1, 0.15) is 72.1 Å². The zero-order chi connectivity index (χ0) is 21.3. The number of hydrogen-bond donors (Lipinski definition) is 4. The van der Waals surface area contributed by atoms with Gasteiger partial charge in [-0.25, -0.2) is 0 Å². The summed E-state index contributed by atoms with van der Waals surface area (Å²) in [6.07, 6.45) is 5.61. The van der Waals surface area contributed by atoms with Gasteiger partial charge in [-0.1, -0.05) is 46.0 Å². The molecular formula is C21H39N3O4. The molecule has 7 nitrogen and oxygen atoms in total. The minimum absolute atomic E-state index is 0.108. The summed E-state index contributed by atoms with van der Waals surface area (Å²) >= 11 is 0. The van der Waals surface area contributed by atoms with Gasteiger partial charge in [0.2, 0.25) is 5.91 Å². The number of aliphatic hydroxyl groups is 1. The van der Waals surface area contributed by atoms with E-state index in [1.165, 1.54) is 26.2 Å². The van der Waals surface area contributed by atoms with Gasteiger partial charge in [0.15, 0.2) is 5.78 Å². The molecule has 0 aliphatic heterocycles. The molecule has 6 N–H and O–H groups in total. The quantitative estimate of drug-likeness (QED) is 0.392. The van der Waals surface area contributed by atoms with Gasteiger partial charge >= 0.3 is 0 Å². The molecule has 7 heteroatoms. The van der Waals surface area contributed by atoms with Gasteiger partial charge in [0.25, 0.3) is 0 Å². The molecule has 1 amide bonds. The van der Waals surface area contributed by atoms with Crippen molar-refractivity contribution < 1.29 is 19.5 Å². The molecule has 0 aromatic heterocycles. The Kier molecular flexibility index (Phi) is 10.9. The summed E-state index contributed by atoms with van der Waals surface area (Å²) in [5.41, 5.74) is 11.7. The fourth-order valence-corrected chi connectivity index (χ4v) is 3.90. The Morgan fingerprint density at radius 2 is 1.71 bits per heavy atom. The maximum absolute atomic E-state index is 12.7. The smallest absolute Gasteiger partial charge is 0.226 e. The number of nitrogens with one attached hydrogen (secondary N) is 1. The first kappa shape index (κ1) is 24.7. The van der Waals surface area contributed by atoms with E-state index < -0.39 is 30.0 Å². The molecule has 28 heavy (non-hydrogen) atoms. The second-order valence-electron chi connectivity index (χ2n) is 8.56. The lowest BCUT2D eigenvalue weighted by atomic mass is 9.83. The van der Waals surface area contributed by atoms with Crippen LogP contribution in [0.15, 0.2) is 0 Å². The number of nitrogens with two attached hydrogens (primary N) is 2. The largest absolute Gasteiger partial charge is 0.393 e. The monoisotopic (exact) mass is 397 g/mol. The van der Waals surface area contributed by atoms with Crippen LogP contribution in [0, 0.1) is 17.8 Å². The molecule has 0 spiro atoms. The molecule has 0 aromatic carbocycles.